The highest BCUT2D eigenvalue weighted by atomic mass is 19.1. The Morgan fingerprint density at radius 1 is 1.39 bits per heavy atom. The molecule has 28 heavy (non-hydrogen) atoms. The van der Waals surface area contributed by atoms with Crippen LogP contribution in [-0.4, -0.2) is 48.6 Å². The maximum atomic E-state index is 15.2. The van der Waals surface area contributed by atoms with Crippen LogP contribution in [-0.2, 0) is 0 Å². The quantitative estimate of drug-likeness (QED) is 0.773. The van der Waals surface area contributed by atoms with E-state index in [-0.39, 0.29) is 29.0 Å². The van der Waals surface area contributed by atoms with Crippen molar-refractivity contribution in [2.45, 2.75) is 31.8 Å². The van der Waals surface area contributed by atoms with Gasteiger partial charge in [-0.1, -0.05) is 0 Å². The fourth-order valence-electron chi connectivity index (χ4n) is 3.85. The molecule has 4 rings (SSSR count). The molecular weight excluding hydrogens is 369 g/mol. The summed E-state index contributed by atoms with van der Waals surface area (Å²) in [4.78, 5) is 25.6. The minimum atomic E-state index is -1.59. The average molecular weight is 391 g/mol. The summed E-state index contributed by atoms with van der Waals surface area (Å²) in [7, 11) is 1.45. The van der Waals surface area contributed by atoms with Crippen molar-refractivity contribution in [1.82, 2.24) is 9.88 Å². The maximum Gasteiger partial charge on any atom is 0.511 e. The van der Waals surface area contributed by atoms with Gasteiger partial charge in [0.15, 0.2) is 17.3 Å². The average Bonchev–Trinajstić information content (AvgIpc) is 3.48. The zero-order valence-corrected chi connectivity index (χ0v) is 15.7. The summed E-state index contributed by atoms with van der Waals surface area (Å²) < 4.78 is 27.2. The Morgan fingerprint density at radius 3 is 2.75 bits per heavy atom. The number of benzene rings is 1. The molecule has 1 aromatic carbocycles. The number of hydrogen-bond acceptors (Lipinski definition) is 6. The van der Waals surface area contributed by atoms with Gasteiger partial charge in [0.2, 0.25) is 5.43 Å². The molecule has 2 aliphatic rings. The number of rotatable bonds is 4. The number of nitrogens with zero attached hydrogens (tertiary/aromatic N) is 2. The highest BCUT2D eigenvalue weighted by Crippen LogP contribution is 2.44. The molecule has 1 unspecified atom stereocenters. The van der Waals surface area contributed by atoms with E-state index in [1.165, 1.54) is 13.3 Å². The number of anilines is 1. The second kappa shape index (κ2) is 6.97. The summed E-state index contributed by atoms with van der Waals surface area (Å²) in [5.74, 6) is -0.628. The van der Waals surface area contributed by atoms with Crippen LogP contribution < -0.4 is 25.1 Å². The van der Waals surface area contributed by atoms with Gasteiger partial charge in [-0.25, -0.2) is 9.18 Å². The van der Waals surface area contributed by atoms with E-state index in [2.05, 4.69) is 10.1 Å². The number of fused-ring (bicyclic) bond motifs is 1. The minimum Gasteiger partial charge on any atom is -0.492 e. The number of carboxylic acid groups (broad SMARTS) is 1. The zero-order chi connectivity index (χ0) is 20.0. The van der Waals surface area contributed by atoms with Crippen molar-refractivity contribution < 1.29 is 23.8 Å². The van der Waals surface area contributed by atoms with Crippen molar-refractivity contribution in [3.05, 3.63) is 28.3 Å². The molecule has 1 saturated heterocycles. The topological polar surface area (TPSA) is 93.0 Å². The van der Waals surface area contributed by atoms with Crippen LogP contribution in [0.4, 0.5) is 14.9 Å². The molecule has 0 amide bonds. The Morgan fingerprint density at radius 2 is 2.14 bits per heavy atom. The van der Waals surface area contributed by atoms with Gasteiger partial charge >= 0.3 is 6.16 Å². The second-order valence-electron chi connectivity index (χ2n) is 7.27. The lowest BCUT2D eigenvalue weighted by Crippen LogP contribution is -2.49. The van der Waals surface area contributed by atoms with Gasteiger partial charge in [0.1, 0.15) is 5.69 Å². The fraction of sp³-hybridized carbons (Fsp3) is 0.474. The van der Waals surface area contributed by atoms with Crippen molar-refractivity contribution in [3.63, 3.8) is 0 Å². The summed E-state index contributed by atoms with van der Waals surface area (Å²) in [5, 5.41) is 12.3. The summed E-state index contributed by atoms with van der Waals surface area (Å²) in [6.07, 6.45) is 1.56. The lowest BCUT2D eigenvalue weighted by molar-refractivity contribution is 0.143. The van der Waals surface area contributed by atoms with Gasteiger partial charge in [-0.2, -0.15) is 0 Å². The van der Waals surface area contributed by atoms with Crippen LogP contribution in [0.15, 0.2) is 17.1 Å². The zero-order valence-electron chi connectivity index (χ0n) is 15.7. The highest BCUT2D eigenvalue weighted by molar-refractivity contribution is 5.92. The molecule has 1 aliphatic carbocycles. The Balaban J connectivity index is 1.99. The molecule has 1 atom stereocenters. The van der Waals surface area contributed by atoms with E-state index in [0.29, 0.717) is 30.8 Å². The molecule has 9 heteroatoms. The first-order valence-electron chi connectivity index (χ1n) is 9.25. The van der Waals surface area contributed by atoms with Gasteiger partial charge in [-0.05, 0) is 25.8 Å². The molecule has 2 heterocycles. The third-order valence-corrected chi connectivity index (χ3v) is 5.19. The summed E-state index contributed by atoms with van der Waals surface area (Å²) in [6.45, 7) is 3.94. The molecule has 0 spiro atoms. The van der Waals surface area contributed by atoms with Crippen LogP contribution in [0.2, 0.25) is 0 Å². The molecule has 150 valence electrons. The standard InChI is InChI=1S/C19H22FN3O5/c1-10-8-22(6-5-21-10)16-13(20)7-12-15(18(16)27-2)23(11-3-4-11)9-14(17(12)24)28-19(25)26/h7,9-11,21H,3-6,8H2,1-2H3,(H,25,26). The molecule has 2 fully saturated rings. The van der Waals surface area contributed by atoms with Crippen LogP contribution in [0.25, 0.3) is 10.9 Å². The molecule has 1 saturated carbocycles. The Labute approximate surface area is 160 Å². The third-order valence-electron chi connectivity index (χ3n) is 5.19. The number of ether oxygens (including phenoxy) is 2. The first-order chi connectivity index (χ1) is 13.4. The van der Waals surface area contributed by atoms with Gasteiger partial charge in [0.25, 0.3) is 0 Å². The summed E-state index contributed by atoms with van der Waals surface area (Å²) in [6, 6.07) is 1.44. The van der Waals surface area contributed by atoms with Crippen molar-refractivity contribution in [2.24, 2.45) is 0 Å². The fourth-order valence-corrected chi connectivity index (χ4v) is 3.85. The lowest BCUT2D eigenvalue weighted by Gasteiger charge is -2.35. The number of nitrogens with one attached hydrogen (secondary N) is 1. The number of pyridine rings is 1. The number of hydrogen-bond donors (Lipinski definition) is 2. The number of carbonyl (C=O) groups is 1. The van der Waals surface area contributed by atoms with E-state index in [9.17, 15) is 9.59 Å². The van der Waals surface area contributed by atoms with E-state index < -0.39 is 17.4 Å². The maximum absolute atomic E-state index is 15.2. The van der Waals surface area contributed by atoms with Gasteiger partial charge in [-0.15, -0.1) is 0 Å². The molecule has 0 radical (unpaired) electrons. The van der Waals surface area contributed by atoms with Crippen molar-refractivity contribution in [1.29, 1.82) is 0 Å². The predicted molar refractivity (Wildman–Crippen MR) is 101 cm³/mol. The van der Waals surface area contributed by atoms with E-state index in [1.54, 1.807) is 4.57 Å². The SMILES string of the molecule is COc1c(N2CCNC(C)C2)c(F)cc2c(=O)c(OC(=O)O)cn(C3CC3)c12. The largest absolute Gasteiger partial charge is 0.511 e. The van der Waals surface area contributed by atoms with Crippen LogP contribution in [0.1, 0.15) is 25.8 Å². The molecule has 1 aromatic heterocycles. The second-order valence-corrected chi connectivity index (χ2v) is 7.27. The van der Waals surface area contributed by atoms with E-state index in [0.717, 1.165) is 18.9 Å². The number of piperazine rings is 1. The molecule has 8 nitrogen and oxygen atoms in total. The number of halogens is 1. The minimum absolute atomic E-state index is 0.0481. The van der Waals surface area contributed by atoms with Crippen molar-refractivity contribution >= 4 is 22.7 Å². The van der Waals surface area contributed by atoms with E-state index in [1.807, 2.05) is 11.8 Å². The van der Waals surface area contributed by atoms with Crippen LogP contribution >= 0.6 is 0 Å². The van der Waals surface area contributed by atoms with Gasteiger partial charge in [0.05, 0.1) is 24.2 Å². The highest BCUT2D eigenvalue weighted by Gasteiger charge is 2.31. The first kappa shape index (κ1) is 18.5. The van der Waals surface area contributed by atoms with Gasteiger partial charge in [0, 0.05) is 31.7 Å². The first-order valence-corrected chi connectivity index (χ1v) is 9.25. The van der Waals surface area contributed by atoms with E-state index in [4.69, 9.17) is 9.84 Å². The third kappa shape index (κ3) is 3.15. The summed E-state index contributed by atoms with van der Waals surface area (Å²) >= 11 is 0. The monoisotopic (exact) mass is 391 g/mol. The molecule has 0 bridgehead atoms. The Kier molecular flexibility index (Phi) is 4.62. The van der Waals surface area contributed by atoms with Crippen LogP contribution in [0.3, 0.4) is 0 Å². The van der Waals surface area contributed by atoms with Crippen LogP contribution in [0.5, 0.6) is 11.5 Å². The number of methoxy groups -OCH3 is 1. The summed E-state index contributed by atoms with van der Waals surface area (Å²) in [5.41, 5.74) is 0.117. The molecule has 2 aromatic rings. The Hall–Kier alpha value is -2.81. The molecular formula is C19H22FN3O5. The normalized spacial score (nSPS) is 19.7. The predicted octanol–water partition coefficient (Wildman–Crippen LogP) is 2.34. The number of aromatic nitrogens is 1. The smallest absolute Gasteiger partial charge is 0.492 e. The van der Waals surface area contributed by atoms with Gasteiger partial charge in [-0.3, -0.25) is 4.79 Å². The Bertz CT molecular complexity index is 1000. The van der Waals surface area contributed by atoms with Gasteiger partial charge < -0.3 is 29.4 Å². The molecule has 2 N–H and O–H groups in total. The van der Waals surface area contributed by atoms with E-state index >= 15 is 4.39 Å². The van der Waals surface area contributed by atoms with Crippen LogP contribution in [0, 0.1) is 5.82 Å². The lowest BCUT2D eigenvalue weighted by atomic mass is 10.1. The van der Waals surface area contributed by atoms with Crippen molar-refractivity contribution in [2.75, 3.05) is 31.6 Å². The van der Waals surface area contributed by atoms with Crippen molar-refractivity contribution in [3.8, 4) is 11.5 Å². The molecule has 1 aliphatic heterocycles.